The molecule has 2 heterocycles. The molecule has 4 nitrogen and oxygen atoms in total. The molecule has 1 aromatic rings. The monoisotopic (exact) mass is 332 g/mol. The summed E-state index contributed by atoms with van der Waals surface area (Å²) in [6.45, 7) is 4.80. The molecule has 0 aliphatic carbocycles. The average molecular weight is 332 g/mol. The highest BCUT2D eigenvalue weighted by atomic mass is 32.2. The standard InChI is InChI=1S/C18H24N2O2S/c1-4-13-5-7-14(8-6-13)11-19(3)17(22)15-12-23-18(2)10-9-16(21)20(15)18/h5-8,15H,4,9-12H2,1-3H3. The van der Waals surface area contributed by atoms with Gasteiger partial charge in [-0.25, -0.2) is 0 Å². The quantitative estimate of drug-likeness (QED) is 0.851. The third-order valence-corrected chi connectivity index (χ3v) is 6.46. The van der Waals surface area contributed by atoms with Gasteiger partial charge in [0, 0.05) is 25.8 Å². The first-order valence-corrected chi connectivity index (χ1v) is 9.22. The van der Waals surface area contributed by atoms with Gasteiger partial charge in [-0.2, -0.15) is 0 Å². The minimum Gasteiger partial charge on any atom is -0.340 e. The molecule has 2 aliphatic rings. The Bertz CT molecular complexity index is 616. The summed E-state index contributed by atoms with van der Waals surface area (Å²) in [4.78, 5) is 28.4. The van der Waals surface area contributed by atoms with Gasteiger partial charge in [-0.1, -0.05) is 31.2 Å². The zero-order valence-corrected chi connectivity index (χ0v) is 14.9. The Labute approximate surface area is 142 Å². The fourth-order valence-electron chi connectivity index (χ4n) is 3.49. The molecule has 0 saturated carbocycles. The summed E-state index contributed by atoms with van der Waals surface area (Å²) in [6.07, 6.45) is 2.43. The number of hydrogen-bond acceptors (Lipinski definition) is 3. The number of carbonyl (C=O) groups is 2. The predicted octanol–water partition coefficient (Wildman–Crippen LogP) is 2.66. The molecule has 2 atom stereocenters. The first-order chi connectivity index (χ1) is 10.9. The van der Waals surface area contributed by atoms with Crippen LogP contribution in [0.1, 0.15) is 37.8 Å². The summed E-state index contributed by atoms with van der Waals surface area (Å²) < 4.78 is 0. The van der Waals surface area contributed by atoms with Crippen molar-refractivity contribution in [2.24, 2.45) is 0 Å². The first kappa shape index (κ1) is 16.4. The SMILES string of the molecule is CCc1ccc(CN(C)C(=O)C2CSC3(C)CCC(=O)N23)cc1. The number of likely N-dealkylation sites (N-methyl/N-ethyl adjacent to an activating group) is 1. The highest BCUT2D eigenvalue weighted by molar-refractivity contribution is 8.01. The Balaban J connectivity index is 1.68. The Morgan fingerprint density at radius 3 is 2.65 bits per heavy atom. The number of hydrogen-bond donors (Lipinski definition) is 0. The maximum absolute atomic E-state index is 12.8. The second-order valence-electron chi connectivity index (χ2n) is 6.63. The van der Waals surface area contributed by atoms with Crippen LogP contribution >= 0.6 is 11.8 Å². The van der Waals surface area contributed by atoms with Crippen molar-refractivity contribution in [3.63, 3.8) is 0 Å². The van der Waals surface area contributed by atoms with Crippen LogP contribution in [-0.2, 0) is 22.6 Å². The van der Waals surface area contributed by atoms with E-state index in [0.29, 0.717) is 18.7 Å². The third kappa shape index (κ3) is 2.99. The summed E-state index contributed by atoms with van der Waals surface area (Å²) in [5.41, 5.74) is 2.42. The zero-order valence-electron chi connectivity index (χ0n) is 14.0. The van der Waals surface area contributed by atoms with Crippen LogP contribution in [0.2, 0.25) is 0 Å². The fourth-order valence-corrected chi connectivity index (χ4v) is 4.91. The highest BCUT2D eigenvalue weighted by Gasteiger charge is 2.53. The molecule has 2 aliphatic heterocycles. The maximum atomic E-state index is 12.8. The molecule has 0 radical (unpaired) electrons. The van der Waals surface area contributed by atoms with Gasteiger partial charge in [0.2, 0.25) is 11.8 Å². The van der Waals surface area contributed by atoms with Crippen molar-refractivity contribution in [2.45, 2.75) is 50.6 Å². The van der Waals surface area contributed by atoms with Crippen LogP contribution < -0.4 is 0 Å². The molecule has 3 rings (SSSR count). The van der Waals surface area contributed by atoms with Gasteiger partial charge in [0.05, 0.1) is 4.87 Å². The van der Waals surface area contributed by atoms with E-state index >= 15 is 0 Å². The van der Waals surface area contributed by atoms with E-state index < -0.39 is 0 Å². The number of rotatable bonds is 4. The van der Waals surface area contributed by atoms with E-state index in [0.717, 1.165) is 18.4 Å². The number of carbonyl (C=O) groups excluding carboxylic acids is 2. The first-order valence-electron chi connectivity index (χ1n) is 8.23. The minimum absolute atomic E-state index is 0.0519. The minimum atomic E-state index is -0.306. The normalized spacial score (nSPS) is 26.5. The van der Waals surface area contributed by atoms with Crippen LogP contribution in [0.5, 0.6) is 0 Å². The molecule has 2 amide bonds. The number of aryl methyl sites for hydroxylation is 1. The molecular formula is C18H24N2O2S. The summed E-state index contributed by atoms with van der Waals surface area (Å²) in [6, 6.07) is 8.08. The van der Waals surface area contributed by atoms with Gasteiger partial charge >= 0.3 is 0 Å². The average Bonchev–Trinajstić information content (AvgIpc) is 3.04. The van der Waals surface area contributed by atoms with E-state index in [1.54, 1.807) is 16.7 Å². The Morgan fingerprint density at radius 1 is 1.35 bits per heavy atom. The van der Waals surface area contributed by atoms with Crippen molar-refractivity contribution in [2.75, 3.05) is 12.8 Å². The van der Waals surface area contributed by atoms with Crippen LogP contribution in [0.25, 0.3) is 0 Å². The highest BCUT2D eigenvalue weighted by Crippen LogP contribution is 2.47. The molecule has 124 valence electrons. The predicted molar refractivity (Wildman–Crippen MR) is 93.0 cm³/mol. The number of thioether (sulfide) groups is 1. The maximum Gasteiger partial charge on any atom is 0.246 e. The topological polar surface area (TPSA) is 40.6 Å². The number of benzene rings is 1. The second kappa shape index (κ2) is 6.19. The lowest BCUT2D eigenvalue weighted by Gasteiger charge is -2.32. The molecule has 1 aromatic carbocycles. The van der Waals surface area contributed by atoms with Gasteiger partial charge in [0.25, 0.3) is 0 Å². The molecule has 23 heavy (non-hydrogen) atoms. The van der Waals surface area contributed by atoms with E-state index in [-0.39, 0.29) is 22.7 Å². The van der Waals surface area contributed by atoms with Crippen LogP contribution in [0.4, 0.5) is 0 Å². The van der Waals surface area contributed by atoms with Gasteiger partial charge < -0.3 is 9.80 Å². The third-order valence-electron chi connectivity index (χ3n) is 4.96. The van der Waals surface area contributed by atoms with E-state index in [4.69, 9.17) is 0 Å². The van der Waals surface area contributed by atoms with Crippen molar-refractivity contribution in [3.8, 4) is 0 Å². The number of amides is 2. The molecule has 0 aromatic heterocycles. The van der Waals surface area contributed by atoms with Crippen LogP contribution in [-0.4, -0.2) is 45.3 Å². The largest absolute Gasteiger partial charge is 0.340 e. The molecule has 5 heteroatoms. The second-order valence-corrected chi connectivity index (χ2v) is 8.13. The van der Waals surface area contributed by atoms with Crippen molar-refractivity contribution in [1.82, 2.24) is 9.80 Å². The molecule has 0 bridgehead atoms. The smallest absolute Gasteiger partial charge is 0.246 e. The van der Waals surface area contributed by atoms with Crippen LogP contribution in [0, 0.1) is 0 Å². The lowest BCUT2D eigenvalue weighted by Crippen LogP contribution is -2.50. The summed E-state index contributed by atoms with van der Waals surface area (Å²) in [5.74, 6) is 0.882. The summed E-state index contributed by atoms with van der Waals surface area (Å²) in [5, 5.41) is 0. The van der Waals surface area contributed by atoms with Crippen molar-refractivity contribution in [3.05, 3.63) is 35.4 Å². The lowest BCUT2D eigenvalue weighted by atomic mass is 10.1. The van der Waals surface area contributed by atoms with Gasteiger partial charge in [-0.15, -0.1) is 11.8 Å². The fraction of sp³-hybridized carbons (Fsp3) is 0.556. The van der Waals surface area contributed by atoms with Crippen LogP contribution in [0.3, 0.4) is 0 Å². The van der Waals surface area contributed by atoms with E-state index in [9.17, 15) is 9.59 Å². The van der Waals surface area contributed by atoms with E-state index in [2.05, 4.69) is 38.1 Å². The van der Waals surface area contributed by atoms with Crippen molar-refractivity contribution < 1.29 is 9.59 Å². The molecular weight excluding hydrogens is 308 g/mol. The molecule has 0 spiro atoms. The van der Waals surface area contributed by atoms with Gasteiger partial charge in [-0.05, 0) is 30.9 Å². The van der Waals surface area contributed by atoms with Gasteiger partial charge in [-0.3, -0.25) is 9.59 Å². The number of fused-ring (bicyclic) bond motifs is 1. The Morgan fingerprint density at radius 2 is 2.00 bits per heavy atom. The molecule has 2 saturated heterocycles. The van der Waals surface area contributed by atoms with Gasteiger partial charge in [0.1, 0.15) is 6.04 Å². The molecule has 2 unspecified atom stereocenters. The van der Waals surface area contributed by atoms with E-state index in [1.807, 2.05) is 11.9 Å². The summed E-state index contributed by atoms with van der Waals surface area (Å²) >= 11 is 1.74. The lowest BCUT2D eigenvalue weighted by molar-refractivity contribution is -0.143. The van der Waals surface area contributed by atoms with Crippen molar-refractivity contribution >= 4 is 23.6 Å². The van der Waals surface area contributed by atoms with Gasteiger partial charge in [0.15, 0.2) is 0 Å². The Hall–Kier alpha value is -1.49. The van der Waals surface area contributed by atoms with Crippen molar-refractivity contribution in [1.29, 1.82) is 0 Å². The van der Waals surface area contributed by atoms with Crippen LogP contribution in [0.15, 0.2) is 24.3 Å². The molecule has 2 fully saturated rings. The zero-order chi connectivity index (χ0) is 16.6. The molecule has 0 N–H and O–H groups in total. The Kier molecular flexibility index (Phi) is 4.41. The summed E-state index contributed by atoms with van der Waals surface area (Å²) in [7, 11) is 1.83. The van der Waals surface area contributed by atoms with E-state index in [1.165, 1.54) is 5.56 Å². The number of nitrogens with zero attached hydrogens (tertiary/aromatic N) is 2.